The molecule has 4 amide bonds. The molecule has 0 unspecified atom stereocenters. The van der Waals surface area contributed by atoms with Crippen LogP contribution in [0.15, 0.2) is 30.3 Å². The molecule has 8 atom stereocenters. The number of methoxy groups -OCH3 is 1. The Morgan fingerprint density at radius 3 is 1.78 bits per heavy atom. The molecule has 0 aliphatic heterocycles. The molecule has 2 aliphatic rings. The Bertz CT molecular complexity index is 1250. The van der Waals surface area contributed by atoms with Crippen LogP contribution in [0.3, 0.4) is 0 Å². The molecule has 0 heterocycles. The lowest BCUT2D eigenvalue weighted by Gasteiger charge is -2.38. The Kier molecular flexibility index (Phi) is 15.4. The lowest BCUT2D eigenvalue weighted by atomic mass is 9.74. The molecule has 11 nitrogen and oxygen atoms in total. The van der Waals surface area contributed by atoms with Gasteiger partial charge in [-0.15, -0.1) is 0 Å². The Hall–Kier alpha value is -3.63. The van der Waals surface area contributed by atoms with Gasteiger partial charge in [0.25, 0.3) is 0 Å². The second kappa shape index (κ2) is 18.9. The minimum atomic E-state index is -0.824. The molecule has 2 fully saturated rings. The van der Waals surface area contributed by atoms with Gasteiger partial charge in [0.1, 0.15) is 17.7 Å². The molecule has 0 aromatic heterocycles. The summed E-state index contributed by atoms with van der Waals surface area (Å²) < 4.78 is 10.5. The number of amides is 4. The number of rotatable bonds is 14. The summed E-state index contributed by atoms with van der Waals surface area (Å²) in [5, 5.41) is 12.1. The van der Waals surface area contributed by atoms with Crippen LogP contribution < -0.4 is 21.3 Å². The molecule has 0 saturated heterocycles. The van der Waals surface area contributed by atoms with E-state index in [0.29, 0.717) is 19.3 Å². The largest absolute Gasteiger partial charge is 0.467 e. The van der Waals surface area contributed by atoms with Gasteiger partial charge < -0.3 is 30.7 Å². The van der Waals surface area contributed by atoms with Crippen molar-refractivity contribution in [2.75, 3.05) is 7.11 Å². The maximum absolute atomic E-state index is 13.7. The van der Waals surface area contributed by atoms with Crippen molar-refractivity contribution >= 4 is 29.8 Å². The Labute approximate surface area is 292 Å². The normalized spacial score (nSPS) is 23.5. The van der Waals surface area contributed by atoms with E-state index in [4.69, 9.17) is 9.47 Å². The van der Waals surface area contributed by atoms with Gasteiger partial charge in [0.2, 0.25) is 17.7 Å². The number of hydrogen-bond acceptors (Lipinski definition) is 7. The van der Waals surface area contributed by atoms with E-state index in [9.17, 15) is 24.0 Å². The lowest BCUT2D eigenvalue weighted by Crippen LogP contribution is -2.55. The molecule has 3 rings (SSSR count). The highest BCUT2D eigenvalue weighted by Crippen LogP contribution is 2.34. The molecule has 0 bridgehead atoms. The van der Waals surface area contributed by atoms with Crippen LogP contribution in [0.4, 0.5) is 4.79 Å². The van der Waals surface area contributed by atoms with Crippen LogP contribution in [0, 0.1) is 23.7 Å². The molecule has 0 spiro atoms. The van der Waals surface area contributed by atoms with Crippen LogP contribution in [0.2, 0.25) is 0 Å². The first-order valence-electron chi connectivity index (χ1n) is 18.3. The maximum atomic E-state index is 13.7. The van der Waals surface area contributed by atoms with Gasteiger partial charge in [-0.2, -0.15) is 0 Å². The second-order valence-corrected chi connectivity index (χ2v) is 14.8. The zero-order chi connectivity index (χ0) is 36.1. The van der Waals surface area contributed by atoms with Crippen molar-refractivity contribution in [2.24, 2.45) is 23.7 Å². The predicted molar refractivity (Wildman–Crippen MR) is 188 cm³/mol. The topological polar surface area (TPSA) is 152 Å². The Morgan fingerprint density at radius 1 is 0.755 bits per heavy atom. The molecule has 2 aliphatic carbocycles. The van der Waals surface area contributed by atoms with E-state index in [2.05, 4.69) is 21.3 Å². The Morgan fingerprint density at radius 2 is 1.27 bits per heavy atom. The molecule has 49 heavy (non-hydrogen) atoms. The third-order valence-corrected chi connectivity index (χ3v) is 10.1. The molecule has 1 aromatic rings. The molecular weight excluding hydrogens is 624 g/mol. The number of nitrogens with one attached hydrogen (secondary N) is 4. The van der Waals surface area contributed by atoms with Gasteiger partial charge in [0.05, 0.1) is 7.11 Å². The summed E-state index contributed by atoms with van der Waals surface area (Å²) in [6.07, 6.45) is 7.82. The van der Waals surface area contributed by atoms with Gasteiger partial charge in [-0.3, -0.25) is 14.4 Å². The predicted octanol–water partition coefficient (Wildman–Crippen LogP) is 5.20. The standard InChI is InChI=1S/C38H60N4O7/c1-8-26(29-20-14-16-22-31(29)42-37(47)49-38(4,5)6)34(44)39-24(3)33(43)40-30-21-15-13-19-28(30)27(9-2)35(45)41-32(36(46)48-7)23-25-17-11-10-12-18-25/h10-12,17-18,24,26-32H,8-9,13-16,19-23H2,1-7H3,(H,39,44)(H,40,43)(H,41,45)(H,42,47)/t24-,26-,27-,28-,29-,30-,31-,32-/m1/s1. The molecule has 2 saturated carbocycles. The fourth-order valence-corrected chi connectivity index (χ4v) is 7.62. The number of carbonyl (C=O) groups excluding carboxylic acids is 5. The van der Waals surface area contributed by atoms with Crippen LogP contribution in [0.5, 0.6) is 0 Å². The first-order valence-corrected chi connectivity index (χ1v) is 18.3. The third-order valence-electron chi connectivity index (χ3n) is 10.1. The number of ether oxygens (including phenoxy) is 2. The summed E-state index contributed by atoms with van der Waals surface area (Å²) in [4.78, 5) is 66.1. The van der Waals surface area contributed by atoms with E-state index in [0.717, 1.165) is 56.9 Å². The molecule has 0 radical (unpaired) electrons. The van der Waals surface area contributed by atoms with Crippen molar-refractivity contribution in [3.8, 4) is 0 Å². The zero-order valence-electron chi connectivity index (χ0n) is 30.6. The van der Waals surface area contributed by atoms with Crippen molar-refractivity contribution in [1.82, 2.24) is 21.3 Å². The smallest absolute Gasteiger partial charge is 0.407 e. The van der Waals surface area contributed by atoms with E-state index in [1.807, 2.05) is 65.0 Å². The quantitative estimate of drug-likeness (QED) is 0.197. The van der Waals surface area contributed by atoms with E-state index in [-0.39, 0.29) is 47.6 Å². The van der Waals surface area contributed by atoms with E-state index in [1.54, 1.807) is 6.92 Å². The van der Waals surface area contributed by atoms with Gasteiger partial charge >= 0.3 is 12.1 Å². The lowest BCUT2D eigenvalue weighted by molar-refractivity contribution is -0.146. The number of carbonyl (C=O) groups is 5. The summed E-state index contributed by atoms with van der Waals surface area (Å²) in [6, 6.07) is 7.44. The Balaban J connectivity index is 1.64. The van der Waals surface area contributed by atoms with Crippen molar-refractivity contribution in [2.45, 2.75) is 142 Å². The highest BCUT2D eigenvalue weighted by Gasteiger charge is 2.39. The van der Waals surface area contributed by atoms with Crippen molar-refractivity contribution < 1.29 is 33.4 Å². The van der Waals surface area contributed by atoms with Crippen molar-refractivity contribution in [1.29, 1.82) is 0 Å². The highest BCUT2D eigenvalue weighted by atomic mass is 16.6. The average molecular weight is 685 g/mol. The summed E-state index contributed by atoms with van der Waals surface area (Å²) in [5.74, 6) is -2.20. The van der Waals surface area contributed by atoms with Gasteiger partial charge in [-0.05, 0) is 83.6 Å². The average Bonchev–Trinajstić information content (AvgIpc) is 3.05. The zero-order valence-corrected chi connectivity index (χ0v) is 30.6. The summed E-state index contributed by atoms with van der Waals surface area (Å²) in [5.41, 5.74) is 0.291. The second-order valence-electron chi connectivity index (χ2n) is 14.8. The first-order chi connectivity index (χ1) is 23.3. The van der Waals surface area contributed by atoms with Gasteiger partial charge in [0, 0.05) is 30.3 Å². The van der Waals surface area contributed by atoms with Crippen molar-refractivity contribution in [3.05, 3.63) is 35.9 Å². The van der Waals surface area contributed by atoms with E-state index < -0.39 is 35.7 Å². The summed E-state index contributed by atoms with van der Waals surface area (Å²) in [7, 11) is 1.31. The SMILES string of the molecule is CC[C@@H](C(=O)N[C@H](C)C(=O)N[C@@H]1CCCC[C@@H]1[C@@H](CC)C(=O)N[C@H](Cc1ccccc1)C(=O)OC)[C@H]1CCCC[C@H]1NC(=O)OC(C)(C)C. The van der Waals surface area contributed by atoms with Crippen LogP contribution in [-0.2, 0) is 35.1 Å². The maximum Gasteiger partial charge on any atom is 0.407 e. The molecule has 11 heteroatoms. The summed E-state index contributed by atoms with van der Waals surface area (Å²) in [6.45, 7) is 11.1. The van der Waals surface area contributed by atoms with Crippen LogP contribution in [0.25, 0.3) is 0 Å². The van der Waals surface area contributed by atoms with Crippen molar-refractivity contribution in [3.63, 3.8) is 0 Å². The minimum Gasteiger partial charge on any atom is -0.467 e. The molecular formula is C38H60N4O7. The first kappa shape index (κ1) is 39.8. The van der Waals surface area contributed by atoms with Crippen LogP contribution in [0.1, 0.15) is 111 Å². The number of esters is 1. The fraction of sp³-hybridized carbons (Fsp3) is 0.711. The number of benzene rings is 1. The molecule has 274 valence electrons. The summed E-state index contributed by atoms with van der Waals surface area (Å²) >= 11 is 0. The third kappa shape index (κ3) is 12.0. The van der Waals surface area contributed by atoms with Crippen LogP contribution >= 0.6 is 0 Å². The van der Waals surface area contributed by atoms with Gasteiger partial charge in [-0.1, -0.05) is 69.9 Å². The van der Waals surface area contributed by atoms with Crippen LogP contribution in [-0.4, -0.2) is 66.7 Å². The minimum absolute atomic E-state index is 0.0659. The molecule has 1 aromatic carbocycles. The number of hydrogen-bond donors (Lipinski definition) is 4. The highest BCUT2D eigenvalue weighted by molar-refractivity contribution is 5.89. The van der Waals surface area contributed by atoms with E-state index in [1.165, 1.54) is 7.11 Å². The fourth-order valence-electron chi connectivity index (χ4n) is 7.62. The van der Waals surface area contributed by atoms with E-state index >= 15 is 0 Å². The number of alkyl carbamates (subject to hydrolysis) is 1. The van der Waals surface area contributed by atoms with Gasteiger partial charge in [-0.25, -0.2) is 9.59 Å². The van der Waals surface area contributed by atoms with Gasteiger partial charge in [0.15, 0.2) is 0 Å². The monoisotopic (exact) mass is 684 g/mol. The molecule has 4 N–H and O–H groups in total.